The second kappa shape index (κ2) is 4.07. The highest BCUT2D eigenvalue weighted by molar-refractivity contribution is 5.30. The molecular formula is C12H11N3O. The fourth-order valence-electron chi connectivity index (χ4n) is 1.61. The van der Waals surface area contributed by atoms with Gasteiger partial charge < -0.3 is 0 Å². The highest BCUT2D eigenvalue weighted by Gasteiger charge is 2.09. The molecule has 4 heteroatoms. The van der Waals surface area contributed by atoms with Crippen molar-refractivity contribution in [2.75, 3.05) is 0 Å². The Bertz CT molecular complexity index is 587. The number of aryl methyl sites for hydroxylation is 1. The first kappa shape index (κ1) is 10.2. The van der Waals surface area contributed by atoms with Crippen LogP contribution in [0.2, 0.25) is 0 Å². The monoisotopic (exact) mass is 213 g/mol. The molecule has 0 radical (unpaired) electrons. The fourth-order valence-corrected chi connectivity index (χ4v) is 1.61. The molecule has 0 bridgehead atoms. The lowest BCUT2D eigenvalue weighted by atomic mass is 10.2. The van der Waals surface area contributed by atoms with Gasteiger partial charge in [-0.1, -0.05) is 30.3 Å². The molecule has 2 rings (SSSR count). The number of rotatable bonds is 2. The van der Waals surface area contributed by atoms with Gasteiger partial charge in [0, 0.05) is 0 Å². The molecule has 0 saturated carbocycles. The van der Waals surface area contributed by atoms with Crippen LogP contribution < -0.4 is 5.56 Å². The molecule has 80 valence electrons. The quantitative estimate of drug-likeness (QED) is 0.819. The van der Waals surface area contributed by atoms with Gasteiger partial charge in [-0.15, -0.1) is 0 Å². The van der Waals surface area contributed by atoms with Gasteiger partial charge >= 0.3 is 0 Å². The first-order valence-corrected chi connectivity index (χ1v) is 4.96. The summed E-state index contributed by atoms with van der Waals surface area (Å²) in [6.07, 6.45) is 0. The van der Waals surface area contributed by atoms with Gasteiger partial charge in [-0.3, -0.25) is 9.89 Å². The average molecular weight is 213 g/mol. The predicted molar refractivity (Wildman–Crippen MR) is 60.0 cm³/mol. The Hall–Kier alpha value is -2.28. The van der Waals surface area contributed by atoms with Crippen molar-refractivity contribution in [3.63, 3.8) is 0 Å². The van der Waals surface area contributed by atoms with Crippen LogP contribution in [0.15, 0.2) is 35.1 Å². The van der Waals surface area contributed by atoms with Gasteiger partial charge in [0.2, 0.25) is 0 Å². The molecule has 0 unspecified atom stereocenters. The van der Waals surface area contributed by atoms with Crippen LogP contribution in [0.5, 0.6) is 0 Å². The van der Waals surface area contributed by atoms with Crippen LogP contribution in [0.1, 0.15) is 16.8 Å². The largest absolute Gasteiger partial charge is 0.298 e. The van der Waals surface area contributed by atoms with E-state index in [-0.39, 0.29) is 11.1 Å². The van der Waals surface area contributed by atoms with Crippen molar-refractivity contribution in [3.05, 3.63) is 57.5 Å². The summed E-state index contributed by atoms with van der Waals surface area (Å²) in [6, 6.07) is 11.5. The van der Waals surface area contributed by atoms with Gasteiger partial charge in [-0.25, -0.2) is 4.68 Å². The second-order valence-corrected chi connectivity index (χ2v) is 3.60. The minimum Gasteiger partial charge on any atom is -0.298 e. The zero-order chi connectivity index (χ0) is 11.5. The highest BCUT2D eigenvalue weighted by Crippen LogP contribution is 2.02. The van der Waals surface area contributed by atoms with Crippen LogP contribution in [0.4, 0.5) is 0 Å². The summed E-state index contributed by atoms with van der Waals surface area (Å²) in [7, 11) is 0. The number of nitrogens with zero attached hydrogens (tertiary/aromatic N) is 2. The number of aromatic nitrogens is 2. The Balaban J connectivity index is 2.38. The van der Waals surface area contributed by atoms with Crippen LogP contribution >= 0.6 is 0 Å². The van der Waals surface area contributed by atoms with Crippen LogP contribution in [0.25, 0.3) is 0 Å². The topological polar surface area (TPSA) is 61.6 Å². The number of benzene rings is 1. The van der Waals surface area contributed by atoms with Crippen LogP contribution in [0.3, 0.4) is 0 Å². The van der Waals surface area contributed by atoms with E-state index in [0.29, 0.717) is 12.2 Å². The summed E-state index contributed by atoms with van der Waals surface area (Å²) < 4.78 is 1.45. The molecule has 0 aliphatic heterocycles. The van der Waals surface area contributed by atoms with Crippen molar-refractivity contribution in [2.45, 2.75) is 13.5 Å². The maximum absolute atomic E-state index is 11.7. The Kier molecular flexibility index (Phi) is 2.61. The molecule has 0 spiro atoms. The summed E-state index contributed by atoms with van der Waals surface area (Å²) in [5.74, 6) is 0. The number of aromatic amines is 1. The molecule has 0 aliphatic rings. The lowest BCUT2D eigenvalue weighted by Crippen LogP contribution is -2.18. The zero-order valence-corrected chi connectivity index (χ0v) is 8.90. The van der Waals surface area contributed by atoms with Crippen molar-refractivity contribution >= 4 is 0 Å². The van der Waals surface area contributed by atoms with Crippen LogP contribution in [0, 0.1) is 18.3 Å². The average Bonchev–Trinajstić information content (AvgIpc) is 2.55. The Morgan fingerprint density at radius 3 is 2.62 bits per heavy atom. The van der Waals surface area contributed by atoms with E-state index in [1.54, 1.807) is 6.92 Å². The molecule has 1 heterocycles. The molecular weight excluding hydrogens is 202 g/mol. The maximum Gasteiger partial charge on any atom is 0.285 e. The van der Waals surface area contributed by atoms with Crippen molar-refractivity contribution < 1.29 is 0 Å². The third kappa shape index (κ3) is 1.75. The summed E-state index contributed by atoms with van der Waals surface area (Å²) in [5, 5.41) is 11.7. The lowest BCUT2D eigenvalue weighted by molar-refractivity contribution is 0.657. The Labute approximate surface area is 92.7 Å². The first-order valence-electron chi connectivity index (χ1n) is 4.96. The van der Waals surface area contributed by atoms with Crippen molar-refractivity contribution in [1.82, 2.24) is 9.78 Å². The Morgan fingerprint density at radius 1 is 1.38 bits per heavy atom. The molecule has 1 N–H and O–H groups in total. The molecule has 1 aromatic carbocycles. The summed E-state index contributed by atoms with van der Waals surface area (Å²) >= 11 is 0. The number of hydrogen-bond donors (Lipinski definition) is 1. The molecule has 0 fully saturated rings. The first-order chi connectivity index (χ1) is 7.72. The minimum atomic E-state index is -0.260. The van der Waals surface area contributed by atoms with Gasteiger partial charge in [-0.05, 0) is 12.5 Å². The summed E-state index contributed by atoms with van der Waals surface area (Å²) in [4.78, 5) is 11.7. The summed E-state index contributed by atoms with van der Waals surface area (Å²) in [6.45, 7) is 2.18. The van der Waals surface area contributed by atoms with E-state index in [4.69, 9.17) is 5.26 Å². The van der Waals surface area contributed by atoms with E-state index in [0.717, 1.165) is 5.56 Å². The zero-order valence-electron chi connectivity index (χ0n) is 8.90. The van der Waals surface area contributed by atoms with Gasteiger partial charge in [0.1, 0.15) is 11.6 Å². The van der Waals surface area contributed by atoms with E-state index in [2.05, 4.69) is 5.10 Å². The summed E-state index contributed by atoms with van der Waals surface area (Å²) in [5.41, 5.74) is 1.57. The van der Waals surface area contributed by atoms with Crippen LogP contribution in [-0.4, -0.2) is 9.78 Å². The number of nitrogens with one attached hydrogen (secondary N) is 1. The number of nitriles is 1. The number of hydrogen-bond acceptors (Lipinski definition) is 2. The lowest BCUT2D eigenvalue weighted by Gasteiger charge is -2.00. The van der Waals surface area contributed by atoms with E-state index in [1.807, 2.05) is 36.4 Å². The third-order valence-electron chi connectivity index (χ3n) is 2.43. The van der Waals surface area contributed by atoms with Crippen molar-refractivity contribution in [2.24, 2.45) is 0 Å². The molecule has 4 nitrogen and oxygen atoms in total. The van der Waals surface area contributed by atoms with E-state index >= 15 is 0 Å². The van der Waals surface area contributed by atoms with Gasteiger partial charge in [0.05, 0.1) is 12.2 Å². The van der Waals surface area contributed by atoms with Crippen molar-refractivity contribution in [3.8, 4) is 6.07 Å². The van der Waals surface area contributed by atoms with Gasteiger partial charge in [0.15, 0.2) is 0 Å². The fraction of sp³-hybridized carbons (Fsp3) is 0.167. The SMILES string of the molecule is Cc1[nH]n(Cc2ccccc2)c(=O)c1C#N. The molecule has 1 aromatic heterocycles. The minimum absolute atomic E-state index is 0.191. The van der Waals surface area contributed by atoms with Gasteiger partial charge in [0.25, 0.3) is 5.56 Å². The normalized spacial score (nSPS) is 10.0. The molecule has 0 amide bonds. The van der Waals surface area contributed by atoms with Gasteiger partial charge in [-0.2, -0.15) is 5.26 Å². The van der Waals surface area contributed by atoms with Crippen LogP contribution in [-0.2, 0) is 6.54 Å². The molecule has 2 aromatic rings. The Morgan fingerprint density at radius 2 is 2.06 bits per heavy atom. The number of H-pyrrole nitrogens is 1. The second-order valence-electron chi connectivity index (χ2n) is 3.60. The smallest absolute Gasteiger partial charge is 0.285 e. The van der Waals surface area contributed by atoms with E-state index in [1.165, 1.54) is 4.68 Å². The molecule has 0 aliphatic carbocycles. The third-order valence-corrected chi connectivity index (χ3v) is 2.43. The van der Waals surface area contributed by atoms with E-state index in [9.17, 15) is 4.79 Å². The highest BCUT2D eigenvalue weighted by atomic mass is 16.1. The predicted octanol–water partition coefficient (Wildman–Crippen LogP) is 1.40. The molecule has 0 saturated heterocycles. The molecule has 16 heavy (non-hydrogen) atoms. The standard InChI is InChI=1S/C12H11N3O/c1-9-11(7-13)12(16)15(14-9)8-10-5-3-2-4-6-10/h2-6,14H,8H2,1H3. The molecule has 0 atom stereocenters. The van der Waals surface area contributed by atoms with E-state index < -0.39 is 0 Å². The maximum atomic E-state index is 11.7. The van der Waals surface area contributed by atoms with Crippen molar-refractivity contribution in [1.29, 1.82) is 5.26 Å².